The van der Waals surface area contributed by atoms with Crippen LogP contribution in [0, 0.1) is 5.41 Å². The van der Waals surface area contributed by atoms with Crippen LogP contribution in [-0.4, -0.2) is 12.1 Å². The molecule has 0 aliphatic carbocycles. The van der Waals surface area contributed by atoms with Crippen molar-refractivity contribution in [3.8, 4) is 5.75 Å². The van der Waals surface area contributed by atoms with Crippen LogP contribution < -0.4 is 10.1 Å². The van der Waals surface area contributed by atoms with Crippen LogP contribution in [0.5, 0.6) is 5.75 Å². The predicted molar refractivity (Wildman–Crippen MR) is 92.7 cm³/mol. The summed E-state index contributed by atoms with van der Waals surface area (Å²) in [4.78, 5) is 23.7. The van der Waals surface area contributed by atoms with Gasteiger partial charge in [-0.25, -0.2) is 4.79 Å². The third-order valence-electron chi connectivity index (χ3n) is 3.84. The number of rotatable bonds is 4. The Morgan fingerprint density at radius 2 is 1.78 bits per heavy atom. The summed E-state index contributed by atoms with van der Waals surface area (Å²) >= 11 is 3.47. The molecule has 122 valence electrons. The molecule has 0 aliphatic rings. The van der Waals surface area contributed by atoms with Crippen LogP contribution in [0.1, 0.15) is 27.2 Å². The van der Waals surface area contributed by atoms with E-state index < -0.39 is 11.5 Å². The van der Waals surface area contributed by atoms with Crippen molar-refractivity contribution in [3.05, 3.63) is 36.4 Å². The van der Waals surface area contributed by atoms with Crippen molar-refractivity contribution < 1.29 is 18.5 Å². The molecule has 0 radical (unpaired) electrons. The number of carbonyl (C=O) groups is 2. The van der Waals surface area contributed by atoms with Crippen LogP contribution in [0.25, 0.3) is 10.8 Å². The molecule has 1 N–H and O–H groups in total. The van der Waals surface area contributed by atoms with E-state index in [1.54, 1.807) is 24.3 Å². The molecule has 0 atom stereocenters. The molecular weight excluding hydrogens is 314 g/mol. The van der Waals surface area contributed by atoms with Gasteiger partial charge >= 0.3 is 12.1 Å². The normalized spacial score (nSPS) is 11.1. The second-order valence-corrected chi connectivity index (χ2v) is 5.97. The van der Waals surface area contributed by atoms with Gasteiger partial charge in [-0.15, -0.1) is 0 Å². The molecule has 0 saturated carbocycles. The Balaban J connectivity index is 2.41. The molecule has 0 aliphatic heterocycles. The lowest BCUT2D eigenvalue weighted by Crippen LogP contribution is -2.28. The molecule has 6 heteroatoms. The Kier molecular flexibility index (Phi) is 5.15. The second-order valence-electron chi connectivity index (χ2n) is 5.79. The average molecular weight is 333 g/mol. The zero-order valence-corrected chi connectivity index (χ0v) is 14.1. The lowest BCUT2D eigenvalue weighted by Gasteiger charge is -2.21. The standard InChI is InChI=1S/C17H19NO4S/c1-4-17(2,3)15(19)21-14-10-6-7-11-12(14)8-5-9-13(11)18-16(20)22-23/h5-10,23H,4H2,1-3H3,(H,18,20). The van der Waals surface area contributed by atoms with Crippen LogP contribution >= 0.6 is 12.9 Å². The minimum Gasteiger partial charge on any atom is -0.425 e. The molecule has 0 bridgehead atoms. The van der Waals surface area contributed by atoms with E-state index in [9.17, 15) is 9.59 Å². The highest BCUT2D eigenvalue weighted by Gasteiger charge is 2.28. The van der Waals surface area contributed by atoms with E-state index in [4.69, 9.17) is 4.74 Å². The van der Waals surface area contributed by atoms with E-state index in [0.717, 1.165) is 10.8 Å². The number of esters is 1. The summed E-state index contributed by atoms with van der Waals surface area (Å²) in [5.41, 5.74) is -0.0115. The summed E-state index contributed by atoms with van der Waals surface area (Å²) in [5.74, 6) is 0.164. The van der Waals surface area contributed by atoms with E-state index in [2.05, 4.69) is 22.4 Å². The number of thiol groups is 1. The molecule has 0 unspecified atom stereocenters. The maximum atomic E-state index is 12.3. The van der Waals surface area contributed by atoms with Gasteiger partial charge in [-0.3, -0.25) is 10.1 Å². The van der Waals surface area contributed by atoms with Crippen molar-refractivity contribution in [1.29, 1.82) is 0 Å². The van der Waals surface area contributed by atoms with Crippen LogP contribution in [-0.2, 0) is 8.98 Å². The molecule has 0 heterocycles. The third kappa shape index (κ3) is 3.76. The highest BCUT2D eigenvalue weighted by molar-refractivity contribution is 7.75. The van der Waals surface area contributed by atoms with Crippen LogP contribution in [0.15, 0.2) is 36.4 Å². The molecule has 0 aromatic heterocycles. The number of nitrogens with one attached hydrogen (secondary N) is 1. The molecule has 5 nitrogen and oxygen atoms in total. The number of ether oxygens (including phenoxy) is 1. The smallest absolute Gasteiger partial charge is 0.423 e. The molecule has 1 amide bonds. The van der Waals surface area contributed by atoms with Gasteiger partial charge < -0.3 is 8.92 Å². The highest BCUT2D eigenvalue weighted by Crippen LogP contribution is 2.32. The minimum atomic E-state index is -0.685. The zero-order valence-electron chi connectivity index (χ0n) is 13.3. The van der Waals surface area contributed by atoms with Crippen molar-refractivity contribution in [2.45, 2.75) is 27.2 Å². The Hall–Kier alpha value is -2.21. The number of hydrogen-bond acceptors (Lipinski definition) is 5. The van der Waals surface area contributed by atoms with Gasteiger partial charge in [0.2, 0.25) is 0 Å². The fourth-order valence-electron chi connectivity index (χ4n) is 1.99. The summed E-state index contributed by atoms with van der Waals surface area (Å²) in [7, 11) is 0. The quantitative estimate of drug-likeness (QED) is 0.372. The van der Waals surface area contributed by atoms with Crippen molar-refractivity contribution in [2.75, 3.05) is 5.32 Å². The van der Waals surface area contributed by atoms with Crippen LogP contribution in [0.3, 0.4) is 0 Å². The molecule has 0 saturated heterocycles. The summed E-state index contributed by atoms with van der Waals surface area (Å²) in [6, 6.07) is 10.6. The number of carbonyl (C=O) groups excluding carboxylic acids is 2. The third-order valence-corrected chi connectivity index (χ3v) is 4.01. The summed E-state index contributed by atoms with van der Waals surface area (Å²) in [6.07, 6.45) is -0.00710. The molecule has 2 rings (SSSR count). The second kappa shape index (κ2) is 6.91. The lowest BCUT2D eigenvalue weighted by atomic mass is 9.90. The Morgan fingerprint density at radius 1 is 1.13 bits per heavy atom. The molecule has 2 aromatic carbocycles. The Labute approximate surface area is 140 Å². The number of fused-ring (bicyclic) bond motifs is 1. The largest absolute Gasteiger partial charge is 0.425 e. The SMILES string of the molecule is CCC(C)(C)C(=O)Oc1cccc2c(NC(=O)OS)cccc12. The maximum absolute atomic E-state index is 12.3. The number of hydrogen-bond donors (Lipinski definition) is 2. The Morgan fingerprint density at radius 3 is 2.43 bits per heavy atom. The van der Waals surface area contributed by atoms with Gasteiger partial charge in [-0.05, 0) is 32.4 Å². The maximum Gasteiger partial charge on any atom is 0.423 e. The first-order valence-electron chi connectivity index (χ1n) is 7.25. The van der Waals surface area contributed by atoms with Gasteiger partial charge in [0.1, 0.15) is 5.75 Å². The lowest BCUT2D eigenvalue weighted by molar-refractivity contribution is -0.144. The number of benzene rings is 2. The van der Waals surface area contributed by atoms with Gasteiger partial charge in [0.15, 0.2) is 0 Å². The molecule has 23 heavy (non-hydrogen) atoms. The van der Waals surface area contributed by atoms with Crippen molar-refractivity contribution in [2.24, 2.45) is 5.41 Å². The topological polar surface area (TPSA) is 64.6 Å². The fraction of sp³-hybridized carbons (Fsp3) is 0.294. The van der Waals surface area contributed by atoms with Crippen LogP contribution in [0.4, 0.5) is 10.5 Å². The van der Waals surface area contributed by atoms with E-state index in [1.807, 2.05) is 32.9 Å². The van der Waals surface area contributed by atoms with Crippen molar-refractivity contribution in [1.82, 2.24) is 0 Å². The number of amides is 1. The van der Waals surface area contributed by atoms with Crippen molar-refractivity contribution >= 4 is 41.4 Å². The summed E-state index contributed by atoms with van der Waals surface area (Å²) < 4.78 is 9.89. The fourth-order valence-corrected chi connectivity index (χ4v) is 2.04. The molecule has 2 aromatic rings. The first kappa shape index (κ1) is 17.1. The van der Waals surface area contributed by atoms with Gasteiger partial charge in [-0.1, -0.05) is 31.2 Å². The monoisotopic (exact) mass is 333 g/mol. The first-order valence-corrected chi connectivity index (χ1v) is 7.62. The first-order chi connectivity index (χ1) is 10.9. The Bertz CT molecular complexity index is 742. The van der Waals surface area contributed by atoms with Gasteiger partial charge in [0.05, 0.1) is 11.1 Å². The van der Waals surface area contributed by atoms with E-state index in [1.165, 1.54) is 0 Å². The average Bonchev–Trinajstić information content (AvgIpc) is 2.55. The van der Waals surface area contributed by atoms with Crippen molar-refractivity contribution in [3.63, 3.8) is 0 Å². The molecule has 0 spiro atoms. The van der Waals surface area contributed by atoms with E-state index in [0.29, 0.717) is 17.9 Å². The molecule has 0 fully saturated rings. The van der Waals surface area contributed by atoms with Gasteiger partial charge in [-0.2, -0.15) is 0 Å². The van der Waals surface area contributed by atoms with E-state index >= 15 is 0 Å². The summed E-state index contributed by atoms with van der Waals surface area (Å²) in [6.45, 7) is 5.63. The summed E-state index contributed by atoms with van der Waals surface area (Å²) in [5, 5.41) is 4.05. The zero-order chi connectivity index (χ0) is 17.0. The van der Waals surface area contributed by atoms with Gasteiger partial charge in [0, 0.05) is 23.7 Å². The highest BCUT2D eigenvalue weighted by atomic mass is 32.1. The molecular formula is C17H19NO4S. The van der Waals surface area contributed by atoms with E-state index in [-0.39, 0.29) is 5.97 Å². The number of anilines is 1. The van der Waals surface area contributed by atoms with Gasteiger partial charge in [0.25, 0.3) is 0 Å². The van der Waals surface area contributed by atoms with Crippen LogP contribution in [0.2, 0.25) is 0 Å². The minimum absolute atomic E-state index is 0.291. The predicted octanol–water partition coefficient (Wildman–Crippen LogP) is 4.57.